The first-order valence-corrected chi connectivity index (χ1v) is 8.33. The summed E-state index contributed by atoms with van der Waals surface area (Å²) in [5, 5.41) is 7.28. The van der Waals surface area contributed by atoms with Crippen molar-refractivity contribution in [2.24, 2.45) is 5.92 Å². The summed E-state index contributed by atoms with van der Waals surface area (Å²) < 4.78 is 0. The maximum absolute atomic E-state index is 12.2. The van der Waals surface area contributed by atoms with Crippen LogP contribution in [0.5, 0.6) is 0 Å². The molecule has 0 saturated heterocycles. The summed E-state index contributed by atoms with van der Waals surface area (Å²) in [5.41, 5.74) is 0.989. The quantitative estimate of drug-likeness (QED) is 0.828. The highest BCUT2D eigenvalue weighted by molar-refractivity contribution is 6.30. The van der Waals surface area contributed by atoms with E-state index in [0.29, 0.717) is 6.54 Å². The minimum absolute atomic E-state index is 0. The molecule has 2 saturated carbocycles. The van der Waals surface area contributed by atoms with Gasteiger partial charge >= 0.3 is 0 Å². The SMILES string of the molecule is Cl.O=C(CNCC1CC1)NC1(c2ccc(Cl)cc2)CCCC1. The molecule has 2 fully saturated rings. The first kappa shape index (κ1) is 17.6. The van der Waals surface area contributed by atoms with Gasteiger partial charge in [0.05, 0.1) is 12.1 Å². The van der Waals surface area contributed by atoms with Crippen molar-refractivity contribution in [2.45, 2.75) is 44.1 Å². The number of rotatable bonds is 6. The van der Waals surface area contributed by atoms with E-state index in [1.807, 2.05) is 24.3 Å². The second-order valence-corrected chi connectivity index (χ2v) is 6.85. The van der Waals surface area contributed by atoms with Crippen molar-refractivity contribution < 1.29 is 4.79 Å². The number of halogens is 2. The Balaban J connectivity index is 0.00000176. The van der Waals surface area contributed by atoms with Crippen LogP contribution in [0.15, 0.2) is 24.3 Å². The zero-order chi connectivity index (χ0) is 14.7. The van der Waals surface area contributed by atoms with Crippen molar-refractivity contribution in [3.63, 3.8) is 0 Å². The van der Waals surface area contributed by atoms with Gasteiger partial charge in [0.1, 0.15) is 0 Å². The Labute approximate surface area is 143 Å². The Morgan fingerprint density at radius 1 is 1.18 bits per heavy atom. The van der Waals surface area contributed by atoms with Crippen LogP contribution < -0.4 is 10.6 Å². The summed E-state index contributed by atoms with van der Waals surface area (Å²) in [6.45, 7) is 1.40. The lowest BCUT2D eigenvalue weighted by atomic mass is 9.88. The molecular weight excluding hydrogens is 319 g/mol. The molecule has 0 aliphatic heterocycles. The molecule has 0 spiro atoms. The van der Waals surface area contributed by atoms with Gasteiger partial charge in [-0.15, -0.1) is 12.4 Å². The molecule has 1 amide bonds. The summed E-state index contributed by atoms with van der Waals surface area (Å²) >= 11 is 5.98. The lowest BCUT2D eigenvalue weighted by Gasteiger charge is -2.31. The number of hydrogen-bond donors (Lipinski definition) is 2. The van der Waals surface area contributed by atoms with Crippen LogP contribution in [-0.4, -0.2) is 19.0 Å². The highest BCUT2D eigenvalue weighted by atomic mass is 35.5. The fourth-order valence-corrected chi connectivity index (χ4v) is 3.38. The molecule has 0 atom stereocenters. The fourth-order valence-electron chi connectivity index (χ4n) is 3.26. The molecule has 0 bridgehead atoms. The molecule has 2 aliphatic rings. The molecule has 22 heavy (non-hydrogen) atoms. The van der Waals surface area contributed by atoms with Crippen LogP contribution >= 0.6 is 24.0 Å². The lowest BCUT2D eigenvalue weighted by Crippen LogP contribution is -2.47. The Bertz CT molecular complexity index is 494. The predicted octanol–water partition coefficient (Wildman–Crippen LogP) is 3.65. The fraction of sp³-hybridized carbons (Fsp3) is 0.588. The van der Waals surface area contributed by atoms with Crippen LogP contribution in [0.3, 0.4) is 0 Å². The summed E-state index contributed by atoms with van der Waals surface area (Å²) in [5.74, 6) is 0.905. The highest BCUT2D eigenvalue weighted by Gasteiger charge is 2.36. The van der Waals surface area contributed by atoms with E-state index in [0.717, 1.165) is 30.3 Å². The molecule has 2 N–H and O–H groups in total. The van der Waals surface area contributed by atoms with Crippen LogP contribution in [-0.2, 0) is 10.3 Å². The molecule has 2 aliphatic carbocycles. The number of hydrogen-bond acceptors (Lipinski definition) is 2. The first-order valence-electron chi connectivity index (χ1n) is 7.96. The molecule has 0 aromatic heterocycles. The van der Waals surface area contributed by atoms with E-state index in [1.54, 1.807) is 0 Å². The maximum atomic E-state index is 12.2. The van der Waals surface area contributed by atoms with Gasteiger partial charge in [0.15, 0.2) is 0 Å². The minimum atomic E-state index is -0.192. The van der Waals surface area contributed by atoms with E-state index in [2.05, 4.69) is 10.6 Å². The molecule has 5 heteroatoms. The second-order valence-electron chi connectivity index (χ2n) is 6.42. The molecule has 0 radical (unpaired) electrons. The van der Waals surface area contributed by atoms with E-state index < -0.39 is 0 Å². The largest absolute Gasteiger partial charge is 0.345 e. The van der Waals surface area contributed by atoms with Gasteiger partial charge in [0, 0.05) is 5.02 Å². The van der Waals surface area contributed by atoms with Crippen molar-refractivity contribution in [2.75, 3.05) is 13.1 Å². The molecule has 0 heterocycles. The zero-order valence-electron chi connectivity index (χ0n) is 12.7. The standard InChI is InChI=1S/C17H23ClN2O.ClH/c18-15-7-5-14(6-8-15)17(9-1-2-10-17)20-16(21)12-19-11-13-3-4-13;/h5-8,13,19H,1-4,9-12H2,(H,20,21);1H. The Morgan fingerprint density at radius 3 is 2.41 bits per heavy atom. The second kappa shape index (κ2) is 7.67. The van der Waals surface area contributed by atoms with Crippen LogP contribution in [0.1, 0.15) is 44.1 Å². The Hall–Kier alpha value is -0.770. The van der Waals surface area contributed by atoms with Crippen LogP contribution in [0, 0.1) is 5.92 Å². The summed E-state index contributed by atoms with van der Waals surface area (Å²) in [4.78, 5) is 12.2. The Morgan fingerprint density at radius 2 is 1.82 bits per heavy atom. The van der Waals surface area contributed by atoms with Crippen LogP contribution in [0.2, 0.25) is 5.02 Å². The number of benzene rings is 1. The minimum Gasteiger partial charge on any atom is -0.345 e. The summed E-state index contributed by atoms with van der Waals surface area (Å²) in [7, 11) is 0. The van der Waals surface area contributed by atoms with Gasteiger partial charge in [0.2, 0.25) is 5.91 Å². The Kier molecular flexibility index (Phi) is 6.13. The van der Waals surface area contributed by atoms with E-state index in [4.69, 9.17) is 11.6 Å². The number of nitrogens with one attached hydrogen (secondary N) is 2. The van der Waals surface area contributed by atoms with E-state index in [9.17, 15) is 4.79 Å². The first-order chi connectivity index (χ1) is 10.2. The average molecular weight is 343 g/mol. The van der Waals surface area contributed by atoms with Gasteiger partial charge in [0.25, 0.3) is 0 Å². The van der Waals surface area contributed by atoms with Gasteiger partial charge in [-0.05, 0) is 55.8 Å². The molecule has 0 unspecified atom stereocenters. The predicted molar refractivity (Wildman–Crippen MR) is 92.6 cm³/mol. The van der Waals surface area contributed by atoms with E-state index >= 15 is 0 Å². The van der Waals surface area contributed by atoms with Crippen LogP contribution in [0.4, 0.5) is 0 Å². The van der Waals surface area contributed by atoms with Gasteiger partial charge in [-0.25, -0.2) is 0 Å². The van der Waals surface area contributed by atoms with Crippen molar-refractivity contribution in [1.29, 1.82) is 0 Å². The van der Waals surface area contributed by atoms with Gasteiger partial charge in [-0.2, -0.15) is 0 Å². The smallest absolute Gasteiger partial charge is 0.234 e. The third-order valence-corrected chi connectivity index (χ3v) is 4.90. The monoisotopic (exact) mass is 342 g/mol. The van der Waals surface area contributed by atoms with Crippen molar-refractivity contribution >= 4 is 29.9 Å². The summed E-state index contributed by atoms with van der Waals surface area (Å²) in [6, 6.07) is 7.92. The van der Waals surface area contributed by atoms with E-state index in [-0.39, 0.29) is 23.9 Å². The molecule has 122 valence electrons. The molecular formula is C17H24Cl2N2O. The number of amides is 1. The third-order valence-electron chi connectivity index (χ3n) is 4.65. The van der Waals surface area contributed by atoms with Gasteiger partial charge < -0.3 is 10.6 Å². The molecule has 3 nitrogen and oxygen atoms in total. The zero-order valence-corrected chi connectivity index (χ0v) is 14.3. The van der Waals surface area contributed by atoms with Crippen molar-refractivity contribution in [1.82, 2.24) is 10.6 Å². The topological polar surface area (TPSA) is 41.1 Å². The molecule has 3 rings (SSSR count). The molecule has 1 aromatic carbocycles. The highest BCUT2D eigenvalue weighted by Crippen LogP contribution is 2.39. The summed E-state index contributed by atoms with van der Waals surface area (Å²) in [6.07, 6.45) is 6.98. The van der Waals surface area contributed by atoms with Crippen molar-refractivity contribution in [3.8, 4) is 0 Å². The lowest BCUT2D eigenvalue weighted by molar-refractivity contribution is -0.122. The van der Waals surface area contributed by atoms with Gasteiger partial charge in [-0.3, -0.25) is 4.79 Å². The average Bonchev–Trinajstić information content (AvgIpc) is 3.17. The third kappa shape index (κ3) is 4.37. The van der Waals surface area contributed by atoms with Crippen molar-refractivity contribution in [3.05, 3.63) is 34.9 Å². The van der Waals surface area contributed by atoms with Gasteiger partial charge in [-0.1, -0.05) is 36.6 Å². The molecule has 1 aromatic rings. The number of carbonyl (C=O) groups is 1. The maximum Gasteiger partial charge on any atom is 0.234 e. The number of carbonyl (C=O) groups excluding carboxylic acids is 1. The van der Waals surface area contributed by atoms with E-state index in [1.165, 1.54) is 31.2 Å². The normalized spacial score (nSPS) is 19.5. The van der Waals surface area contributed by atoms with Crippen LogP contribution in [0.25, 0.3) is 0 Å².